The molecule has 9 aromatic rings. The Bertz CT molecular complexity index is 3600. The summed E-state index contributed by atoms with van der Waals surface area (Å²) in [5, 5.41) is 0. The number of para-hydroxylation sites is 2. The quantitative estimate of drug-likeness (QED) is 0.147. The molecular weight excluding hydrogens is 906 g/mol. The van der Waals surface area contributed by atoms with E-state index in [0.29, 0.717) is 0 Å². The maximum absolute atomic E-state index is 2.68. The number of anilines is 9. The maximum Gasteiger partial charge on any atom is 0.252 e. The summed E-state index contributed by atoms with van der Waals surface area (Å²) in [6, 6.07) is 75.8. The van der Waals surface area contributed by atoms with Gasteiger partial charge in [-0.1, -0.05) is 184 Å². The Balaban J connectivity index is 1.23. The van der Waals surface area contributed by atoms with Crippen molar-refractivity contribution in [2.45, 2.75) is 111 Å². The number of nitrogens with zero attached hydrogens (tertiary/aromatic N) is 3. The van der Waals surface area contributed by atoms with Crippen LogP contribution in [0.25, 0.3) is 22.3 Å². The first-order valence-electron chi connectivity index (χ1n) is 27.3. The van der Waals surface area contributed by atoms with Gasteiger partial charge in [-0.3, -0.25) is 0 Å². The molecule has 3 aliphatic rings. The number of benzene rings is 9. The highest BCUT2D eigenvalue weighted by Crippen LogP contribution is 2.53. The van der Waals surface area contributed by atoms with Crippen LogP contribution >= 0.6 is 0 Å². The Morgan fingerprint density at radius 1 is 0.400 bits per heavy atom. The number of rotatable bonds is 7. The fourth-order valence-corrected chi connectivity index (χ4v) is 12.5. The van der Waals surface area contributed by atoms with Crippen molar-refractivity contribution in [2.75, 3.05) is 14.7 Å². The van der Waals surface area contributed by atoms with Crippen molar-refractivity contribution < 1.29 is 0 Å². The van der Waals surface area contributed by atoms with Crippen LogP contribution < -0.4 is 31.1 Å². The van der Waals surface area contributed by atoms with E-state index in [1.54, 1.807) is 0 Å². The predicted octanol–water partition coefficient (Wildman–Crippen LogP) is 17.8. The van der Waals surface area contributed by atoms with Crippen molar-refractivity contribution in [2.24, 2.45) is 0 Å². The molecule has 0 amide bonds. The second-order valence-corrected chi connectivity index (χ2v) is 25.0. The lowest BCUT2D eigenvalue weighted by Crippen LogP contribution is -2.62. The monoisotopic (exact) mass is 976 g/mol. The molecule has 4 heteroatoms. The summed E-state index contributed by atoms with van der Waals surface area (Å²) in [4.78, 5) is 7.76. The molecule has 3 nitrogen and oxygen atoms in total. The fourth-order valence-electron chi connectivity index (χ4n) is 12.5. The van der Waals surface area contributed by atoms with E-state index in [1.807, 2.05) is 0 Å². The lowest BCUT2D eigenvalue weighted by molar-refractivity contribution is 0.332. The zero-order valence-corrected chi connectivity index (χ0v) is 45.9. The molecule has 0 fully saturated rings. The number of hydrogen-bond acceptors (Lipinski definition) is 3. The minimum absolute atomic E-state index is 0.000650. The molecule has 12 rings (SSSR count). The Kier molecular flexibility index (Phi) is 11.5. The molecule has 0 unspecified atom stereocenters. The molecule has 0 saturated heterocycles. The van der Waals surface area contributed by atoms with E-state index in [-0.39, 0.29) is 28.4 Å². The van der Waals surface area contributed by atoms with E-state index in [4.69, 9.17) is 0 Å². The van der Waals surface area contributed by atoms with Crippen LogP contribution in [-0.2, 0) is 21.7 Å². The van der Waals surface area contributed by atoms with Crippen molar-refractivity contribution in [1.82, 2.24) is 0 Å². The van der Waals surface area contributed by atoms with Crippen molar-refractivity contribution in [3.63, 3.8) is 0 Å². The van der Waals surface area contributed by atoms with Crippen LogP contribution in [0.15, 0.2) is 200 Å². The van der Waals surface area contributed by atoms with E-state index in [2.05, 4.69) is 291 Å². The van der Waals surface area contributed by atoms with Gasteiger partial charge in [-0.05, 0) is 187 Å². The molecule has 0 saturated carbocycles. The standard InChI is InChI=1S/C71H70BN3/c1-47-40-50(48-24-16-12-17-25-48)32-35-61(47)74-64-46-58-57(70(8,9)38-39-71(58,10)11)45-60(64)72-59-44-55(73(53-28-20-14-21-29-53)54-30-22-15-23-31-54)34-37-63(59)75(66-43-52(69(5,6)7)42-65(74)67(66)72)62-36-33-51(68(2,3)4)41-56(62)49-26-18-13-19-27-49/h12-37,40-46H,38-39H2,1-11H3. The third kappa shape index (κ3) is 8.29. The van der Waals surface area contributed by atoms with Crippen LogP contribution in [0.3, 0.4) is 0 Å². The largest absolute Gasteiger partial charge is 0.311 e. The third-order valence-corrected chi connectivity index (χ3v) is 16.9. The SMILES string of the molecule is Cc1cc(-c2ccccc2)ccc1N1c2cc3c(cc2B2c4cc(N(c5ccccc5)c5ccccc5)ccc4N(c4ccc(C(C)(C)C)cc4-c4ccccc4)c4cc(C(C)(C)C)cc1c42)C(C)(C)CCC3(C)C. The molecule has 1 aliphatic carbocycles. The molecule has 0 radical (unpaired) electrons. The molecule has 0 aromatic heterocycles. The van der Waals surface area contributed by atoms with Crippen LogP contribution in [0.5, 0.6) is 0 Å². The lowest BCUT2D eigenvalue weighted by atomic mass is 9.33. The summed E-state index contributed by atoms with van der Waals surface area (Å²) < 4.78 is 0. The van der Waals surface area contributed by atoms with E-state index in [9.17, 15) is 0 Å². The highest BCUT2D eigenvalue weighted by Gasteiger charge is 2.47. The summed E-state index contributed by atoms with van der Waals surface area (Å²) in [7, 11) is 0. The maximum atomic E-state index is 2.68. The summed E-state index contributed by atoms with van der Waals surface area (Å²) in [5.41, 5.74) is 26.2. The average Bonchev–Trinajstić information content (AvgIpc) is 3.40. The van der Waals surface area contributed by atoms with Crippen molar-refractivity contribution in [3.8, 4) is 22.3 Å². The normalized spacial score (nSPS) is 15.2. The van der Waals surface area contributed by atoms with E-state index in [1.165, 1.54) is 101 Å². The highest BCUT2D eigenvalue weighted by atomic mass is 15.2. The van der Waals surface area contributed by atoms with Gasteiger partial charge in [0.2, 0.25) is 0 Å². The molecule has 0 spiro atoms. The summed E-state index contributed by atoms with van der Waals surface area (Å²) in [5.74, 6) is 0. The molecule has 2 heterocycles. The molecule has 372 valence electrons. The van der Waals surface area contributed by atoms with Crippen LogP contribution in [0, 0.1) is 6.92 Å². The van der Waals surface area contributed by atoms with Crippen LogP contribution in [0.4, 0.5) is 51.2 Å². The van der Waals surface area contributed by atoms with Gasteiger partial charge in [-0.15, -0.1) is 0 Å². The van der Waals surface area contributed by atoms with Gasteiger partial charge in [-0.2, -0.15) is 0 Å². The third-order valence-electron chi connectivity index (χ3n) is 16.9. The van der Waals surface area contributed by atoms with Crippen molar-refractivity contribution in [3.05, 3.63) is 228 Å². The number of aryl methyl sites for hydroxylation is 1. The smallest absolute Gasteiger partial charge is 0.252 e. The van der Waals surface area contributed by atoms with Gasteiger partial charge < -0.3 is 14.7 Å². The summed E-state index contributed by atoms with van der Waals surface area (Å²) >= 11 is 0. The summed E-state index contributed by atoms with van der Waals surface area (Å²) in [6.07, 6.45) is 2.28. The Morgan fingerprint density at radius 3 is 1.45 bits per heavy atom. The zero-order chi connectivity index (χ0) is 52.2. The van der Waals surface area contributed by atoms with Gasteiger partial charge in [-0.25, -0.2) is 0 Å². The van der Waals surface area contributed by atoms with Gasteiger partial charge in [0.1, 0.15) is 0 Å². The highest BCUT2D eigenvalue weighted by molar-refractivity contribution is 7.00. The van der Waals surface area contributed by atoms with Crippen molar-refractivity contribution >= 4 is 74.3 Å². The first-order chi connectivity index (χ1) is 35.9. The first-order valence-corrected chi connectivity index (χ1v) is 27.3. The number of hydrogen-bond donors (Lipinski definition) is 0. The Morgan fingerprint density at radius 2 is 0.893 bits per heavy atom. The fraction of sp³-hybridized carbons (Fsp3) is 0.239. The molecule has 9 aromatic carbocycles. The van der Waals surface area contributed by atoms with Crippen LogP contribution in [0.1, 0.15) is 110 Å². The second-order valence-electron chi connectivity index (χ2n) is 25.0. The molecule has 0 atom stereocenters. The van der Waals surface area contributed by atoms with Gasteiger partial charge in [0, 0.05) is 51.1 Å². The molecule has 0 bridgehead atoms. The molecule has 0 N–H and O–H groups in total. The van der Waals surface area contributed by atoms with E-state index in [0.717, 1.165) is 29.9 Å². The second kappa shape index (κ2) is 17.8. The van der Waals surface area contributed by atoms with Crippen LogP contribution in [-0.4, -0.2) is 6.71 Å². The van der Waals surface area contributed by atoms with E-state index >= 15 is 0 Å². The summed E-state index contributed by atoms with van der Waals surface area (Å²) in [6.45, 7) is 26.3. The molecular formula is C71H70BN3. The lowest BCUT2D eigenvalue weighted by Gasteiger charge is -2.48. The van der Waals surface area contributed by atoms with Gasteiger partial charge in [0.25, 0.3) is 6.71 Å². The van der Waals surface area contributed by atoms with Crippen molar-refractivity contribution in [1.29, 1.82) is 0 Å². The number of fused-ring (bicyclic) bond motifs is 5. The molecule has 75 heavy (non-hydrogen) atoms. The predicted molar refractivity (Wildman–Crippen MR) is 323 cm³/mol. The first kappa shape index (κ1) is 48.4. The Labute approximate surface area is 447 Å². The molecule has 2 aliphatic heterocycles. The Hall–Kier alpha value is -7.56. The minimum atomic E-state index is -0.166. The van der Waals surface area contributed by atoms with Gasteiger partial charge in [0.15, 0.2) is 0 Å². The minimum Gasteiger partial charge on any atom is -0.311 e. The van der Waals surface area contributed by atoms with E-state index < -0.39 is 0 Å². The van der Waals surface area contributed by atoms with Gasteiger partial charge >= 0.3 is 0 Å². The topological polar surface area (TPSA) is 9.72 Å². The van der Waals surface area contributed by atoms with Gasteiger partial charge in [0.05, 0.1) is 5.69 Å². The zero-order valence-electron chi connectivity index (χ0n) is 45.9. The van der Waals surface area contributed by atoms with Crippen LogP contribution in [0.2, 0.25) is 0 Å². The average molecular weight is 976 g/mol.